The summed E-state index contributed by atoms with van der Waals surface area (Å²) in [6.45, 7) is 1.73. The standard InChI is InChI=1S/C9H11NO3.ClH/c1-5-2-3-6(4-7(5)11)8(10)9(12)13;/h2-4,8,11H,10H2,1H3,(H,12,13);1H. The van der Waals surface area contributed by atoms with E-state index in [1.165, 1.54) is 6.07 Å². The van der Waals surface area contributed by atoms with Gasteiger partial charge in [0.15, 0.2) is 0 Å². The molecule has 0 spiro atoms. The van der Waals surface area contributed by atoms with Gasteiger partial charge in [0, 0.05) is 0 Å². The van der Waals surface area contributed by atoms with Crippen LogP contribution in [0.3, 0.4) is 0 Å². The van der Waals surface area contributed by atoms with Crippen LogP contribution in [0.4, 0.5) is 0 Å². The highest BCUT2D eigenvalue weighted by Gasteiger charge is 2.14. The molecule has 0 aliphatic rings. The van der Waals surface area contributed by atoms with E-state index in [-0.39, 0.29) is 18.2 Å². The summed E-state index contributed by atoms with van der Waals surface area (Å²) in [6, 6.07) is 3.52. The minimum Gasteiger partial charge on any atom is -0.508 e. The van der Waals surface area contributed by atoms with Gasteiger partial charge in [-0.1, -0.05) is 12.1 Å². The average molecular weight is 218 g/mol. The number of carboxylic acid groups (broad SMARTS) is 1. The highest BCUT2D eigenvalue weighted by Crippen LogP contribution is 2.20. The summed E-state index contributed by atoms with van der Waals surface area (Å²) in [4.78, 5) is 10.5. The van der Waals surface area contributed by atoms with Crippen LogP contribution in [-0.2, 0) is 4.79 Å². The first-order chi connectivity index (χ1) is 6.02. The maximum Gasteiger partial charge on any atom is 0.325 e. The lowest BCUT2D eigenvalue weighted by molar-refractivity contribution is -0.138. The molecular formula is C9H12ClNO3. The minimum atomic E-state index is -1.11. The summed E-state index contributed by atoms with van der Waals surface area (Å²) in [5.41, 5.74) is 6.44. The maximum absolute atomic E-state index is 10.5. The molecule has 0 saturated heterocycles. The Labute approximate surface area is 87.8 Å². The first-order valence-electron chi connectivity index (χ1n) is 3.80. The van der Waals surface area contributed by atoms with Gasteiger partial charge in [-0.3, -0.25) is 4.79 Å². The van der Waals surface area contributed by atoms with Crippen molar-refractivity contribution in [2.24, 2.45) is 5.73 Å². The molecule has 0 amide bonds. The first-order valence-corrected chi connectivity index (χ1v) is 3.80. The molecule has 4 N–H and O–H groups in total. The molecule has 0 bridgehead atoms. The molecular weight excluding hydrogens is 206 g/mol. The highest BCUT2D eigenvalue weighted by molar-refractivity contribution is 5.85. The van der Waals surface area contributed by atoms with Crippen LogP contribution < -0.4 is 5.73 Å². The lowest BCUT2D eigenvalue weighted by Crippen LogP contribution is -2.20. The summed E-state index contributed by atoms with van der Waals surface area (Å²) < 4.78 is 0. The number of phenols is 1. The number of aliphatic carboxylic acids is 1. The van der Waals surface area contributed by atoms with E-state index in [0.29, 0.717) is 11.1 Å². The molecule has 0 aliphatic heterocycles. The molecule has 0 aromatic heterocycles. The number of hydrogen-bond donors (Lipinski definition) is 3. The molecule has 1 aromatic rings. The molecule has 14 heavy (non-hydrogen) atoms. The third-order valence-corrected chi connectivity index (χ3v) is 1.86. The molecule has 1 unspecified atom stereocenters. The molecule has 1 rings (SSSR count). The van der Waals surface area contributed by atoms with E-state index in [0.717, 1.165) is 0 Å². The zero-order valence-electron chi connectivity index (χ0n) is 7.60. The normalized spacial score (nSPS) is 11.6. The predicted octanol–water partition coefficient (Wildman–Crippen LogP) is 1.21. The number of benzene rings is 1. The molecule has 0 aliphatic carbocycles. The molecule has 5 heteroatoms. The van der Waals surface area contributed by atoms with Gasteiger partial charge >= 0.3 is 5.97 Å². The van der Waals surface area contributed by atoms with E-state index in [2.05, 4.69) is 0 Å². The van der Waals surface area contributed by atoms with Crippen LogP contribution in [0.25, 0.3) is 0 Å². The van der Waals surface area contributed by atoms with Gasteiger partial charge in [-0.15, -0.1) is 12.4 Å². The van der Waals surface area contributed by atoms with Crippen LogP contribution in [0.1, 0.15) is 17.2 Å². The number of nitrogens with two attached hydrogens (primary N) is 1. The second-order valence-electron chi connectivity index (χ2n) is 2.86. The van der Waals surface area contributed by atoms with E-state index < -0.39 is 12.0 Å². The Morgan fingerprint density at radius 2 is 2.07 bits per heavy atom. The maximum atomic E-state index is 10.5. The van der Waals surface area contributed by atoms with Crippen molar-refractivity contribution in [3.05, 3.63) is 29.3 Å². The molecule has 4 nitrogen and oxygen atoms in total. The van der Waals surface area contributed by atoms with Crippen molar-refractivity contribution in [3.63, 3.8) is 0 Å². The van der Waals surface area contributed by atoms with Crippen molar-refractivity contribution >= 4 is 18.4 Å². The largest absolute Gasteiger partial charge is 0.508 e. The number of hydrogen-bond acceptors (Lipinski definition) is 3. The number of carbonyl (C=O) groups is 1. The lowest BCUT2D eigenvalue weighted by Gasteiger charge is -2.07. The van der Waals surface area contributed by atoms with Crippen molar-refractivity contribution in [2.45, 2.75) is 13.0 Å². The Kier molecular flexibility index (Phi) is 4.40. The van der Waals surface area contributed by atoms with Crippen molar-refractivity contribution in [2.75, 3.05) is 0 Å². The van der Waals surface area contributed by atoms with Gasteiger partial charge in [0.1, 0.15) is 11.8 Å². The number of carboxylic acids is 1. The number of rotatable bonds is 2. The fourth-order valence-corrected chi connectivity index (χ4v) is 0.962. The smallest absolute Gasteiger partial charge is 0.325 e. The molecule has 78 valence electrons. The Morgan fingerprint density at radius 3 is 2.50 bits per heavy atom. The summed E-state index contributed by atoms with van der Waals surface area (Å²) >= 11 is 0. The van der Waals surface area contributed by atoms with Crippen LogP contribution in [0.15, 0.2) is 18.2 Å². The van der Waals surface area contributed by atoms with Crippen molar-refractivity contribution in [1.82, 2.24) is 0 Å². The third kappa shape index (κ3) is 2.61. The number of aryl methyl sites for hydroxylation is 1. The SMILES string of the molecule is Cc1ccc(C(N)C(=O)O)cc1O.Cl. The van der Waals surface area contributed by atoms with E-state index >= 15 is 0 Å². The Morgan fingerprint density at radius 1 is 1.50 bits per heavy atom. The summed E-state index contributed by atoms with van der Waals surface area (Å²) in [5.74, 6) is -1.04. The van der Waals surface area contributed by atoms with E-state index in [4.69, 9.17) is 10.8 Å². The van der Waals surface area contributed by atoms with E-state index in [1.807, 2.05) is 0 Å². The van der Waals surface area contributed by atoms with Crippen molar-refractivity contribution < 1.29 is 15.0 Å². The van der Waals surface area contributed by atoms with Crippen molar-refractivity contribution in [3.8, 4) is 5.75 Å². The quantitative estimate of drug-likeness (QED) is 0.695. The second kappa shape index (κ2) is 4.83. The molecule has 0 radical (unpaired) electrons. The monoisotopic (exact) mass is 217 g/mol. The first kappa shape index (κ1) is 12.7. The Hall–Kier alpha value is -1.26. The zero-order valence-corrected chi connectivity index (χ0v) is 8.41. The van der Waals surface area contributed by atoms with Gasteiger partial charge < -0.3 is 15.9 Å². The third-order valence-electron chi connectivity index (χ3n) is 1.86. The van der Waals surface area contributed by atoms with Gasteiger partial charge in [0.25, 0.3) is 0 Å². The molecule has 1 atom stereocenters. The fraction of sp³-hybridized carbons (Fsp3) is 0.222. The molecule has 0 saturated carbocycles. The minimum absolute atomic E-state index is 0. The van der Waals surface area contributed by atoms with Crippen LogP contribution in [0.5, 0.6) is 5.75 Å². The number of halogens is 1. The van der Waals surface area contributed by atoms with Gasteiger partial charge in [-0.25, -0.2) is 0 Å². The van der Waals surface area contributed by atoms with Crippen LogP contribution in [-0.4, -0.2) is 16.2 Å². The van der Waals surface area contributed by atoms with E-state index in [9.17, 15) is 9.90 Å². The number of aromatic hydroxyl groups is 1. The van der Waals surface area contributed by atoms with Gasteiger partial charge in [-0.2, -0.15) is 0 Å². The van der Waals surface area contributed by atoms with Crippen LogP contribution in [0.2, 0.25) is 0 Å². The van der Waals surface area contributed by atoms with E-state index in [1.54, 1.807) is 19.1 Å². The topological polar surface area (TPSA) is 83.6 Å². The Balaban J connectivity index is 0.00000169. The van der Waals surface area contributed by atoms with Gasteiger partial charge in [0.2, 0.25) is 0 Å². The highest BCUT2D eigenvalue weighted by atomic mass is 35.5. The molecule has 1 aromatic carbocycles. The molecule has 0 heterocycles. The predicted molar refractivity (Wildman–Crippen MR) is 54.7 cm³/mol. The second-order valence-corrected chi connectivity index (χ2v) is 2.86. The summed E-state index contributed by atoms with van der Waals surface area (Å²) in [6.07, 6.45) is 0. The van der Waals surface area contributed by atoms with Gasteiger partial charge in [0.05, 0.1) is 0 Å². The fourth-order valence-electron chi connectivity index (χ4n) is 0.962. The lowest BCUT2D eigenvalue weighted by atomic mass is 10.1. The van der Waals surface area contributed by atoms with Crippen LogP contribution >= 0.6 is 12.4 Å². The zero-order chi connectivity index (χ0) is 10.0. The Bertz CT molecular complexity index is 341. The molecule has 0 fully saturated rings. The average Bonchev–Trinajstić information content (AvgIpc) is 2.08. The van der Waals surface area contributed by atoms with Crippen molar-refractivity contribution in [1.29, 1.82) is 0 Å². The van der Waals surface area contributed by atoms with Gasteiger partial charge in [-0.05, 0) is 24.1 Å². The summed E-state index contributed by atoms with van der Waals surface area (Å²) in [5, 5.41) is 17.9. The number of phenolic OH excluding ortho intramolecular Hbond substituents is 1. The summed E-state index contributed by atoms with van der Waals surface area (Å²) in [7, 11) is 0. The van der Waals surface area contributed by atoms with Crippen LogP contribution in [0, 0.1) is 6.92 Å².